The van der Waals surface area contributed by atoms with Crippen LogP contribution in [-0.4, -0.2) is 39.7 Å². The molecule has 0 amide bonds. The number of alkyl halides is 1. The zero-order chi connectivity index (χ0) is 12.3. The Hall–Kier alpha value is -1.33. The Morgan fingerprint density at radius 1 is 1.00 bits per heavy atom. The highest BCUT2D eigenvalue weighted by Gasteiger charge is 1.94. The van der Waals surface area contributed by atoms with Gasteiger partial charge in [0.25, 0.3) is 0 Å². The lowest BCUT2D eigenvalue weighted by atomic mass is 10.3. The van der Waals surface area contributed by atoms with Crippen LogP contribution in [0.4, 0.5) is 10.1 Å². The quantitative estimate of drug-likeness (QED) is 0.529. The lowest BCUT2D eigenvalue weighted by Crippen LogP contribution is -2.11. The third kappa shape index (κ3) is 6.76. The van der Waals surface area contributed by atoms with Crippen molar-refractivity contribution in [1.29, 1.82) is 0 Å². The van der Waals surface area contributed by atoms with E-state index < -0.39 is 6.67 Å². The van der Waals surface area contributed by atoms with Crippen molar-refractivity contribution in [3.05, 3.63) is 24.3 Å². The maximum atomic E-state index is 11.6. The van der Waals surface area contributed by atoms with Gasteiger partial charge in [-0.05, 0) is 12.1 Å². The van der Waals surface area contributed by atoms with Crippen LogP contribution in [0.15, 0.2) is 24.3 Å². The van der Waals surface area contributed by atoms with E-state index in [4.69, 9.17) is 19.9 Å². The fourth-order valence-electron chi connectivity index (χ4n) is 1.20. The predicted octanol–water partition coefficient (Wildman–Crippen LogP) is 1.65. The Morgan fingerprint density at radius 2 is 1.71 bits per heavy atom. The molecule has 17 heavy (non-hydrogen) atoms. The predicted molar refractivity (Wildman–Crippen MR) is 64.0 cm³/mol. The summed E-state index contributed by atoms with van der Waals surface area (Å²) in [5, 5.41) is 0. The Balaban J connectivity index is 1.97. The van der Waals surface area contributed by atoms with Crippen molar-refractivity contribution in [2.75, 3.05) is 45.4 Å². The van der Waals surface area contributed by atoms with Gasteiger partial charge < -0.3 is 19.9 Å². The number of nitrogen functional groups attached to an aromatic ring is 1. The number of nitrogens with two attached hydrogens (primary N) is 1. The molecular weight excluding hydrogens is 225 g/mol. The molecule has 0 aliphatic rings. The monoisotopic (exact) mass is 243 g/mol. The zero-order valence-corrected chi connectivity index (χ0v) is 9.73. The van der Waals surface area contributed by atoms with Crippen LogP contribution in [0.25, 0.3) is 0 Å². The van der Waals surface area contributed by atoms with Gasteiger partial charge in [0.05, 0.1) is 26.4 Å². The number of benzene rings is 1. The third-order valence-electron chi connectivity index (χ3n) is 1.95. The van der Waals surface area contributed by atoms with E-state index >= 15 is 0 Å². The average molecular weight is 243 g/mol. The molecule has 0 unspecified atom stereocenters. The summed E-state index contributed by atoms with van der Waals surface area (Å²) in [4.78, 5) is 0. The molecule has 0 bridgehead atoms. The van der Waals surface area contributed by atoms with Crippen LogP contribution in [0.1, 0.15) is 0 Å². The molecule has 4 nitrogen and oxygen atoms in total. The first kappa shape index (κ1) is 13.7. The highest BCUT2D eigenvalue weighted by atomic mass is 19.1. The van der Waals surface area contributed by atoms with Crippen molar-refractivity contribution >= 4 is 5.69 Å². The van der Waals surface area contributed by atoms with Gasteiger partial charge in [0.15, 0.2) is 0 Å². The van der Waals surface area contributed by atoms with Crippen molar-refractivity contribution in [3.8, 4) is 5.75 Å². The van der Waals surface area contributed by atoms with Crippen molar-refractivity contribution in [1.82, 2.24) is 0 Å². The molecule has 2 N–H and O–H groups in total. The topological polar surface area (TPSA) is 53.7 Å². The minimum absolute atomic E-state index is 0.128. The van der Waals surface area contributed by atoms with Gasteiger partial charge in [-0.15, -0.1) is 0 Å². The van der Waals surface area contributed by atoms with E-state index in [1.54, 1.807) is 12.1 Å². The summed E-state index contributed by atoms with van der Waals surface area (Å²) in [7, 11) is 0. The second kappa shape index (κ2) is 8.78. The van der Waals surface area contributed by atoms with E-state index in [-0.39, 0.29) is 6.61 Å². The number of hydrogen-bond donors (Lipinski definition) is 1. The molecule has 96 valence electrons. The molecule has 5 heteroatoms. The van der Waals surface area contributed by atoms with Crippen molar-refractivity contribution in [2.24, 2.45) is 0 Å². The molecule has 0 spiro atoms. The SMILES string of the molecule is Nc1cccc(OCCOCCOCCF)c1. The highest BCUT2D eigenvalue weighted by molar-refractivity contribution is 5.43. The fourth-order valence-corrected chi connectivity index (χ4v) is 1.20. The minimum atomic E-state index is -0.460. The Bertz CT molecular complexity index is 310. The molecule has 0 aromatic heterocycles. The Labute approximate surface area is 100 Å². The van der Waals surface area contributed by atoms with E-state index in [2.05, 4.69) is 0 Å². The number of halogens is 1. The van der Waals surface area contributed by atoms with Gasteiger partial charge in [-0.1, -0.05) is 6.07 Å². The molecule has 0 fully saturated rings. The number of anilines is 1. The Morgan fingerprint density at radius 3 is 2.41 bits per heavy atom. The second-order valence-corrected chi connectivity index (χ2v) is 3.33. The molecule has 0 heterocycles. The van der Waals surface area contributed by atoms with Crippen LogP contribution in [0, 0.1) is 0 Å². The number of rotatable bonds is 9. The summed E-state index contributed by atoms with van der Waals surface area (Å²) in [6.45, 7) is 1.44. The van der Waals surface area contributed by atoms with E-state index in [0.717, 1.165) is 5.75 Å². The summed E-state index contributed by atoms with van der Waals surface area (Å²) in [5.41, 5.74) is 6.27. The first-order valence-electron chi connectivity index (χ1n) is 5.52. The molecule has 0 saturated carbocycles. The summed E-state index contributed by atoms with van der Waals surface area (Å²) in [6.07, 6.45) is 0. The molecule has 0 atom stereocenters. The van der Waals surface area contributed by atoms with Gasteiger partial charge in [-0.3, -0.25) is 0 Å². The molecule has 0 radical (unpaired) electrons. The lowest BCUT2D eigenvalue weighted by molar-refractivity contribution is 0.0325. The van der Waals surface area contributed by atoms with E-state index in [1.165, 1.54) is 0 Å². The molecule has 1 rings (SSSR count). The first-order valence-corrected chi connectivity index (χ1v) is 5.52. The minimum Gasteiger partial charge on any atom is -0.491 e. The van der Waals surface area contributed by atoms with Gasteiger partial charge >= 0.3 is 0 Å². The van der Waals surface area contributed by atoms with Crippen LogP contribution in [0.3, 0.4) is 0 Å². The van der Waals surface area contributed by atoms with Crippen LogP contribution in [0.5, 0.6) is 5.75 Å². The van der Waals surface area contributed by atoms with Gasteiger partial charge in [0.2, 0.25) is 0 Å². The second-order valence-electron chi connectivity index (χ2n) is 3.33. The summed E-state index contributed by atoms with van der Waals surface area (Å²) >= 11 is 0. The van der Waals surface area contributed by atoms with Crippen LogP contribution in [-0.2, 0) is 9.47 Å². The third-order valence-corrected chi connectivity index (χ3v) is 1.95. The normalized spacial score (nSPS) is 10.4. The molecule has 1 aromatic carbocycles. The molecule has 0 saturated heterocycles. The van der Waals surface area contributed by atoms with E-state index in [0.29, 0.717) is 32.1 Å². The van der Waals surface area contributed by atoms with Gasteiger partial charge in [0, 0.05) is 11.8 Å². The van der Waals surface area contributed by atoms with Crippen molar-refractivity contribution < 1.29 is 18.6 Å². The standard InChI is InChI=1S/C12H18FNO3/c13-4-5-15-6-7-16-8-9-17-12-3-1-2-11(14)10-12/h1-3,10H,4-9,14H2. The largest absolute Gasteiger partial charge is 0.491 e. The molecular formula is C12H18FNO3. The summed E-state index contributed by atoms with van der Waals surface area (Å²) in [5.74, 6) is 0.724. The Kier molecular flexibility index (Phi) is 7.09. The lowest BCUT2D eigenvalue weighted by Gasteiger charge is -2.07. The highest BCUT2D eigenvalue weighted by Crippen LogP contribution is 2.13. The van der Waals surface area contributed by atoms with Crippen LogP contribution in [0.2, 0.25) is 0 Å². The van der Waals surface area contributed by atoms with Crippen molar-refractivity contribution in [3.63, 3.8) is 0 Å². The van der Waals surface area contributed by atoms with Crippen LogP contribution < -0.4 is 10.5 Å². The molecule has 0 aliphatic carbocycles. The van der Waals surface area contributed by atoms with Gasteiger partial charge in [-0.25, -0.2) is 4.39 Å². The maximum Gasteiger partial charge on any atom is 0.121 e. The molecule has 1 aromatic rings. The van der Waals surface area contributed by atoms with E-state index in [1.807, 2.05) is 12.1 Å². The van der Waals surface area contributed by atoms with Crippen LogP contribution >= 0.6 is 0 Å². The van der Waals surface area contributed by atoms with Gasteiger partial charge in [-0.2, -0.15) is 0 Å². The average Bonchev–Trinajstić information content (AvgIpc) is 2.33. The zero-order valence-electron chi connectivity index (χ0n) is 9.73. The summed E-state index contributed by atoms with van der Waals surface area (Å²) < 4.78 is 27.2. The fraction of sp³-hybridized carbons (Fsp3) is 0.500. The first-order chi connectivity index (χ1) is 8.33. The number of hydrogen-bond acceptors (Lipinski definition) is 4. The van der Waals surface area contributed by atoms with E-state index in [9.17, 15) is 4.39 Å². The van der Waals surface area contributed by atoms with Crippen molar-refractivity contribution in [2.45, 2.75) is 0 Å². The smallest absolute Gasteiger partial charge is 0.121 e. The molecule has 0 aliphatic heterocycles. The summed E-state index contributed by atoms with van der Waals surface area (Å²) in [6, 6.07) is 7.22. The number of ether oxygens (including phenoxy) is 3. The maximum absolute atomic E-state index is 11.6. The van der Waals surface area contributed by atoms with Gasteiger partial charge in [0.1, 0.15) is 19.0 Å².